The predicted molar refractivity (Wildman–Crippen MR) is 93.6 cm³/mol. The number of benzene rings is 2. The highest BCUT2D eigenvalue weighted by molar-refractivity contribution is 9.10. The van der Waals surface area contributed by atoms with Gasteiger partial charge in [-0.3, -0.25) is 10.1 Å². The number of fused-ring (bicyclic) bond motifs is 3. The van der Waals surface area contributed by atoms with E-state index in [2.05, 4.69) is 39.5 Å². The molecule has 1 aliphatic carbocycles. The number of hydrogen-bond acceptors (Lipinski definition) is 3. The van der Waals surface area contributed by atoms with Crippen molar-refractivity contribution in [3.05, 3.63) is 80.3 Å². The molecule has 0 amide bonds. The van der Waals surface area contributed by atoms with E-state index < -0.39 is 0 Å². The van der Waals surface area contributed by atoms with E-state index in [-0.39, 0.29) is 16.7 Å². The highest BCUT2D eigenvalue weighted by atomic mass is 79.9. The molecule has 1 heterocycles. The Kier molecular flexibility index (Phi) is 3.45. The highest BCUT2D eigenvalue weighted by Gasteiger charge is 2.40. The molecule has 2 aromatic carbocycles. The van der Waals surface area contributed by atoms with Crippen LogP contribution in [0.4, 0.5) is 11.4 Å². The molecule has 0 saturated heterocycles. The Labute approximate surface area is 142 Å². The lowest BCUT2D eigenvalue weighted by atomic mass is 9.77. The molecule has 1 aliphatic heterocycles. The van der Waals surface area contributed by atoms with Gasteiger partial charge in [-0.05, 0) is 39.9 Å². The van der Waals surface area contributed by atoms with E-state index in [4.69, 9.17) is 0 Å². The van der Waals surface area contributed by atoms with Crippen LogP contribution in [0.2, 0.25) is 0 Å². The van der Waals surface area contributed by atoms with Gasteiger partial charge in [0.15, 0.2) is 0 Å². The fourth-order valence-corrected chi connectivity index (χ4v) is 4.30. The van der Waals surface area contributed by atoms with Crippen molar-refractivity contribution in [1.82, 2.24) is 0 Å². The smallest absolute Gasteiger partial charge is 0.274 e. The van der Waals surface area contributed by atoms with Gasteiger partial charge in [0.2, 0.25) is 0 Å². The summed E-state index contributed by atoms with van der Waals surface area (Å²) in [5.41, 5.74) is 3.25. The first-order chi connectivity index (χ1) is 11.2. The topological polar surface area (TPSA) is 55.2 Å². The summed E-state index contributed by atoms with van der Waals surface area (Å²) in [4.78, 5) is 11.1. The zero-order valence-corrected chi connectivity index (χ0v) is 13.9. The van der Waals surface area contributed by atoms with Gasteiger partial charge in [-0.2, -0.15) is 0 Å². The van der Waals surface area contributed by atoms with Gasteiger partial charge in [0.1, 0.15) is 0 Å². The third-order valence-electron chi connectivity index (χ3n) is 4.81. The second-order valence-corrected chi connectivity index (χ2v) is 6.85. The van der Waals surface area contributed by atoms with Crippen molar-refractivity contribution in [2.75, 3.05) is 5.32 Å². The molecule has 116 valence electrons. The van der Waals surface area contributed by atoms with Crippen LogP contribution in [0.5, 0.6) is 0 Å². The molecule has 1 N–H and O–H groups in total. The van der Waals surface area contributed by atoms with Crippen LogP contribution in [0, 0.1) is 16.0 Å². The number of nitrogens with zero attached hydrogens (tertiary/aromatic N) is 1. The molecule has 4 nitrogen and oxygen atoms in total. The SMILES string of the molecule is O=[N+]([O-])c1ccccc1[C@H]1Nc2c(Br)cccc2[C@@H]2C=CC[C@@H]12. The average molecular weight is 371 g/mol. The van der Waals surface area contributed by atoms with E-state index in [9.17, 15) is 10.1 Å². The summed E-state index contributed by atoms with van der Waals surface area (Å²) < 4.78 is 0.998. The van der Waals surface area contributed by atoms with E-state index >= 15 is 0 Å². The number of nitrogens with one attached hydrogen (secondary N) is 1. The van der Waals surface area contributed by atoms with Crippen molar-refractivity contribution < 1.29 is 4.92 Å². The Morgan fingerprint density at radius 2 is 1.91 bits per heavy atom. The summed E-state index contributed by atoms with van der Waals surface area (Å²) in [6.45, 7) is 0. The third-order valence-corrected chi connectivity index (χ3v) is 5.48. The Morgan fingerprint density at radius 3 is 2.74 bits per heavy atom. The number of para-hydroxylation sites is 2. The van der Waals surface area contributed by atoms with Gasteiger partial charge in [0.05, 0.1) is 22.2 Å². The van der Waals surface area contributed by atoms with Crippen LogP contribution >= 0.6 is 15.9 Å². The molecular formula is C18H15BrN2O2. The van der Waals surface area contributed by atoms with Crippen molar-refractivity contribution in [3.8, 4) is 0 Å². The number of rotatable bonds is 2. The summed E-state index contributed by atoms with van der Waals surface area (Å²) in [5.74, 6) is 0.603. The number of hydrogen-bond donors (Lipinski definition) is 1. The molecule has 0 bridgehead atoms. The Morgan fingerprint density at radius 1 is 1.13 bits per heavy atom. The van der Waals surface area contributed by atoms with E-state index in [0.717, 1.165) is 22.1 Å². The lowest BCUT2D eigenvalue weighted by molar-refractivity contribution is -0.385. The molecule has 0 unspecified atom stereocenters. The van der Waals surface area contributed by atoms with E-state index in [1.165, 1.54) is 5.56 Å². The number of nitro benzene ring substituents is 1. The Balaban J connectivity index is 1.86. The molecule has 0 saturated carbocycles. The largest absolute Gasteiger partial charge is 0.376 e. The molecule has 2 aliphatic rings. The third kappa shape index (κ3) is 2.27. The maximum absolute atomic E-state index is 11.4. The summed E-state index contributed by atoms with van der Waals surface area (Å²) in [7, 11) is 0. The molecule has 5 heteroatoms. The van der Waals surface area contributed by atoms with Gasteiger partial charge in [-0.1, -0.05) is 42.5 Å². The summed E-state index contributed by atoms with van der Waals surface area (Å²) in [5, 5.41) is 15.0. The lowest BCUT2D eigenvalue weighted by Gasteiger charge is -2.37. The summed E-state index contributed by atoms with van der Waals surface area (Å²) in [6, 6.07) is 13.2. The average Bonchev–Trinajstić information content (AvgIpc) is 3.04. The standard InChI is InChI=1S/C18H15BrN2O2/c19-15-9-4-8-13-11-6-3-7-12(11)17(20-18(13)15)14-5-1-2-10-16(14)21(22)23/h1-6,8-12,17,20H,7H2/t11-,12-,17+/m1/s1. The minimum absolute atomic E-state index is 0.0669. The Bertz CT molecular complexity index is 818. The minimum Gasteiger partial charge on any atom is -0.376 e. The van der Waals surface area contributed by atoms with Crippen LogP contribution in [-0.4, -0.2) is 4.92 Å². The van der Waals surface area contributed by atoms with Crippen LogP contribution in [0.3, 0.4) is 0 Å². The van der Waals surface area contributed by atoms with E-state index in [1.54, 1.807) is 12.1 Å². The number of allylic oxidation sites excluding steroid dienone is 2. The van der Waals surface area contributed by atoms with Crippen molar-refractivity contribution in [2.45, 2.75) is 18.4 Å². The first-order valence-electron chi connectivity index (χ1n) is 7.61. The molecule has 0 radical (unpaired) electrons. The molecule has 23 heavy (non-hydrogen) atoms. The van der Waals surface area contributed by atoms with Gasteiger partial charge in [0, 0.05) is 16.5 Å². The van der Waals surface area contributed by atoms with Crippen molar-refractivity contribution in [2.24, 2.45) is 5.92 Å². The zero-order valence-electron chi connectivity index (χ0n) is 12.3. The molecule has 3 atom stereocenters. The zero-order chi connectivity index (χ0) is 16.0. The number of nitro groups is 1. The monoisotopic (exact) mass is 370 g/mol. The van der Waals surface area contributed by atoms with E-state index in [0.29, 0.717) is 11.8 Å². The maximum atomic E-state index is 11.4. The molecule has 0 aromatic heterocycles. The quantitative estimate of drug-likeness (QED) is 0.449. The van der Waals surface area contributed by atoms with Crippen LogP contribution in [0.15, 0.2) is 59.1 Å². The molecule has 0 fully saturated rings. The predicted octanol–water partition coefficient (Wildman–Crippen LogP) is 5.18. The lowest BCUT2D eigenvalue weighted by Crippen LogP contribution is -2.29. The second kappa shape index (κ2) is 5.49. The van der Waals surface area contributed by atoms with Gasteiger partial charge >= 0.3 is 0 Å². The van der Waals surface area contributed by atoms with E-state index in [1.807, 2.05) is 24.3 Å². The van der Waals surface area contributed by atoms with Crippen molar-refractivity contribution in [1.29, 1.82) is 0 Å². The second-order valence-electron chi connectivity index (χ2n) is 6.00. The molecule has 2 aromatic rings. The van der Waals surface area contributed by atoms with Gasteiger partial charge in [0.25, 0.3) is 5.69 Å². The normalized spacial score (nSPS) is 24.7. The minimum atomic E-state index is -0.288. The fourth-order valence-electron chi connectivity index (χ4n) is 3.81. The first kappa shape index (κ1) is 14.5. The van der Waals surface area contributed by atoms with Crippen LogP contribution < -0.4 is 5.32 Å². The fraction of sp³-hybridized carbons (Fsp3) is 0.222. The van der Waals surface area contributed by atoms with Gasteiger partial charge < -0.3 is 5.32 Å². The maximum Gasteiger partial charge on any atom is 0.274 e. The van der Waals surface area contributed by atoms with Crippen molar-refractivity contribution in [3.63, 3.8) is 0 Å². The first-order valence-corrected chi connectivity index (χ1v) is 8.41. The van der Waals surface area contributed by atoms with Crippen LogP contribution in [-0.2, 0) is 0 Å². The van der Waals surface area contributed by atoms with Crippen LogP contribution in [0.25, 0.3) is 0 Å². The van der Waals surface area contributed by atoms with Gasteiger partial charge in [-0.25, -0.2) is 0 Å². The number of halogens is 1. The molecular weight excluding hydrogens is 356 g/mol. The summed E-state index contributed by atoms with van der Waals surface area (Å²) in [6.07, 6.45) is 5.35. The highest BCUT2D eigenvalue weighted by Crippen LogP contribution is 2.52. The molecule has 0 spiro atoms. The number of anilines is 1. The summed E-state index contributed by atoms with van der Waals surface area (Å²) >= 11 is 3.61. The Hall–Kier alpha value is -2.14. The molecule has 4 rings (SSSR count). The van der Waals surface area contributed by atoms with Gasteiger partial charge in [-0.15, -0.1) is 0 Å². The van der Waals surface area contributed by atoms with Crippen LogP contribution in [0.1, 0.15) is 29.5 Å². The van der Waals surface area contributed by atoms with Crippen molar-refractivity contribution >= 4 is 27.3 Å².